The molecule has 0 radical (unpaired) electrons. The molecule has 6 nitrogen and oxygen atoms in total. The van der Waals surface area contributed by atoms with Crippen molar-refractivity contribution >= 4 is 17.6 Å². The second kappa shape index (κ2) is 9.39. The maximum Gasteiger partial charge on any atom is 0.335 e. The predicted molar refractivity (Wildman–Crippen MR) is 117 cm³/mol. The normalized spacial score (nSPS) is 21.5. The van der Waals surface area contributed by atoms with E-state index in [1.165, 1.54) is 6.07 Å². The quantitative estimate of drug-likeness (QED) is 0.556. The van der Waals surface area contributed by atoms with Crippen LogP contribution in [0.15, 0.2) is 35.4 Å². The molecule has 0 atom stereocenters. The van der Waals surface area contributed by atoms with E-state index in [4.69, 9.17) is 4.74 Å². The molecule has 0 bridgehead atoms. The summed E-state index contributed by atoms with van der Waals surface area (Å²) in [7, 11) is 0. The summed E-state index contributed by atoms with van der Waals surface area (Å²) in [6.45, 7) is 6.48. The lowest BCUT2D eigenvalue weighted by atomic mass is 9.78. The zero-order chi connectivity index (χ0) is 21.8. The van der Waals surface area contributed by atoms with Crippen molar-refractivity contribution in [1.29, 1.82) is 0 Å². The molecule has 1 aromatic carbocycles. The molecule has 2 heterocycles. The van der Waals surface area contributed by atoms with Gasteiger partial charge in [0, 0.05) is 38.3 Å². The number of amides is 1. The highest BCUT2D eigenvalue weighted by atomic mass is 19.1. The van der Waals surface area contributed by atoms with Gasteiger partial charge in [-0.15, -0.1) is 0 Å². The highest BCUT2D eigenvalue weighted by Gasteiger charge is 2.49. The fraction of sp³-hybridized carbons (Fsp3) is 0.583. The number of piperazine rings is 1. The van der Waals surface area contributed by atoms with Crippen molar-refractivity contribution in [3.8, 4) is 0 Å². The predicted octanol–water partition coefficient (Wildman–Crippen LogP) is 3.03. The van der Waals surface area contributed by atoms with Crippen LogP contribution in [0.3, 0.4) is 0 Å². The van der Waals surface area contributed by atoms with E-state index in [1.807, 2.05) is 12.1 Å². The molecule has 1 N–H and O–H groups in total. The van der Waals surface area contributed by atoms with Crippen LogP contribution in [-0.4, -0.2) is 61.6 Å². The van der Waals surface area contributed by atoms with Gasteiger partial charge in [-0.3, -0.25) is 9.69 Å². The molecule has 0 unspecified atom stereocenters. The van der Waals surface area contributed by atoms with Crippen LogP contribution in [-0.2, 0) is 14.3 Å². The molecule has 31 heavy (non-hydrogen) atoms. The highest BCUT2D eigenvalue weighted by molar-refractivity contribution is 6.07. The Labute approximate surface area is 183 Å². The third-order valence-electron chi connectivity index (χ3n) is 6.82. The minimum atomic E-state index is -0.702. The molecule has 1 amide bonds. The van der Waals surface area contributed by atoms with Gasteiger partial charge in [0.25, 0.3) is 5.91 Å². The smallest absolute Gasteiger partial charge is 0.335 e. The largest absolute Gasteiger partial charge is 0.451 e. The lowest BCUT2D eigenvalue weighted by Crippen LogP contribution is -2.47. The zero-order valence-electron chi connectivity index (χ0n) is 18.3. The van der Waals surface area contributed by atoms with E-state index in [9.17, 15) is 14.0 Å². The van der Waals surface area contributed by atoms with E-state index >= 15 is 0 Å². The third-order valence-corrected chi connectivity index (χ3v) is 6.82. The van der Waals surface area contributed by atoms with Gasteiger partial charge in [0.1, 0.15) is 11.4 Å². The number of para-hydroxylation sites is 1. The van der Waals surface area contributed by atoms with Crippen molar-refractivity contribution in [2.24, 2.45) is 0 Å². The van der Waals surface area contributed by atoms with Crippen LogP contribution in [0.5, 0.6) is 0 Å². The third kappa shape index (κ3) is 4.61. The van der Waals surface area contributed by atoms with Crippen molar-refractivity contribution in [3.63, 3.8) is 0 Å². The van der Waals surface area contributed by atoms with E-state index < -0.39 is 5.60 Å². The molecule has 1 saturated carbocycles. The lowest BCUT2D eigenvalue weighted by molar-refractivity contribution is -0.149. The van der Waals surface area contributed by atoms with Gasteiger partial charge in [0.2, 0.25) is 0 Å². The Kier molecular flexibility index (Phi) is 6.60. The molecule has 168 valence electrons. The number of hydrogen-bond acceptors (Lipinski definition) is 5. The average Bonchev–Trinajstić information content (AvgIpc) is 3.01. The Balaban J connectivity index is 1.23. The molecule has 4 rings (SSSR count). The molecule has 2 aliphatic heterocycles. The summed E-state index contributed by atoms with van der Waals surface area (Å²) in [6.07, 6.45) is 5.40. The number of anilines is 1. The minimum absolute atomic E-state index is 0.158. The van der Waals surface area contributed by atoms with Gasteiger partial charge in [-0.1, -0.05) is 18.6 Å². The number of benzene rings is 1. The Hall–Kier alpha value is -2.41. The summed E-state index contributed by atoms with van der Waals surface area (Å²) < 4.78 is 19.7. The van der Waals surface area contributed by atoms with Crippen molar-refractivity contribution in [2.45, 2.75) is 51.0 Å². The zero-order valence-corrected chi connectivity index (χ0v) is 18.3. The number of nitrogens with one attached hydrogen (secondary N) is 1. The summed E-state index contributed by atoms with van der Waals surface area (Å²) >= 11 is 0. The summed E-state index contributed by atoms with van der Waals surface area (Å²) in [6, 6.07) is 6.91. The van der Waals surface area contributed by atoms with Gasteiger partial charge in [-0.05, 0) is 57.7 Å². The number of carbonyl (C=O) groups excluding carboxylic acids is 2. The second-order valence-electron chi connectivity index (χ2n) is 8.83. The summed E-state index contributed by atoms with van der Waals surface area (Å²) in [5.74, 6) is -0.678. The van der Waals surface area contributed by atoms with E-state index in [1.54, 1.807) is 13.0 Å². The molecule has 7 heteroatoms. The molecule has 1 aromatic rings. The fourth-order valence-electron chi connectivity index (χ4n) is 5.11. The Bertz CT molecular complexity index is 855. The van der Waals surface area contributed by atoms with Crippen LogP contribution < -0.4 is 10.2 Å². The minimum Gasteiger partial charge on any atom is -0.451 e. The molecule has 1 saturated heterocycles. The Morgan fingerprint density at radius 2 is 1.84 bits per heavy atom. The first kappa shape index (κ1) is 21.8. The molecule has 0 aromatic heterocycles. The number of rotatable bonds is 6. The van der Waals surface area contributed by atoms with Crippen molar-refractivity contribution in [2.75, 3.05) is 44.2 Å². The topological polar surface area (TPSA) is 61.9 Å². The van der Waals surface area contributed by atoms with E-state index in [0.717, 1.165) is 71.2 Å². The Morgan fingerprint density at radius 1 is 1.13 bits per heavy atom. The number of esters is 1. The van der Waals surface area contributed by atoms with Crippen molar-refractivity contribution in [1.82, 2.24) is 10.2 Å². The summed E-state index contributed by atoms with van der Waals surface area (Å²) in [5, 5.41) is 3.01. The molecule has 1 spiro atoms. The second-order valence-corrected chi connectivity index (χ2v) is 8.83. The van der Waals surface area contributed by atoms with E-state index in [-0.39, 0.29) is 17.7 Å². The van der Waals surface area contributed by atoms with Crippen molar-refractivity contribution < 1.29 is 18.7 Å². The average molecular weight is 430 g/mol. The maximum absolute atomic E-state index is 14.0. The highest BCUT2D eigenvalue weighted by Crippen LogP contribution is 2.43. The van der Waals surface area contributed by atoms with Crippen LogP contribution in [0.25, 0.3) is 0 Å². The first-order valence-electron chi connectivity index (χ1n) is 11.4. The van der Waals surface area contributed by atoms with Crippen LogP contribution in [0.1, 0.15) is 45.4 Å². The van der Waals surface area contributed by atoms with Crippen LogP contribution in [0, 0.1) is 5.82 Å². The van der Waals surface area contributed by atoms with Gasteiger partial charge < -0.3 is 15.0 Å². The van der Waals surface area contributed by atoms with Crippen LogP contribution >= 0.6 is 0 Å². The standard InChI is InChI=1S/C24H32FN3O3/c1-18-21(24(31-23(18)30)10-5-2-6-11-24)22(29)26-12-7-13-27-14-16-28(17-15-27)20-9-4-3-8-19(20)25/h3-4,8-9H,2,5-7,10-17H2,1H3,(H,26,29). The maximum atomic E-state index is 14.0. The molecular weight excluding hydrogens is 397 g/mol. The van der Waals surface area contributed by atoms with Gasteiger partial charge in [0.05, 0.1) is 11.3 Å². The summed E-state index contributed by atoms with van der Waals surface area (Å²) in [5.41, 5.74) is 0.981. The van der Waals surface area contributed by atoms with Gasteiger partial charge in [-0.25, -0.2) is 9.18 Å². The number of carbonyl (C=O) groups is 2. The first-order chi connectivity index (χ1) is 15.0. The van der Waals surface area contributed by atoms with E-state index in [2.05, 4.69) is 15.1 Å². The number of ether oxygens (including phenoxy) is 1. The molecule has 2 fully saturated rings. The number of halogens is 1. The van der Waals surface area contributed by atoms with Crippen LogP contribution in [0.4, 0.5) is 10.1 Å². The van der Waals surface area contributed by atoms with Gasteiger partial charge in [0.15, 0.2) is 0 Å². The van der Waals surface area contributed by atoms with Gasteiger partial charge in [-0.2, -0.15) is 0 Å². The fourth-order valence-corrected chi connectivity index (χ4v) is 5.11. The van der Waals surface area contributed by atoms with E-state index in [0.29, 0.717) is 23.4 Å². The summed E-state index contributed by atoms with van der Waals surface area (Å²) in [4.78, 5) is 29.5. The van der Waals surface area contributed by atoms with Crippen LogP contribution in [0.2, 0.25) is 0 Å². The first-order valence-corrected chi connectivity index (χ1v) is 11.4. The molecule has 3 aliphatic rings. The molecule has 1 aliphatic carbocycles. The SMILES string of the molecule is CC1=C(C(=O)NCCCN2CCN(c3ccccc3F)CC2)C2(CCCCC2)OC1=O. The monoisotopic (exact) mass is 429 g/mol. The van der Waals surface area contributed by atoms with Crippen molar-refractivity contribution in [3.05, 3.63) is 41.2 Å². The number of hydrogen-bond donors (Lipinski definition) is 1. The van der Waals surface area contributed by atoms with Gasteiger partial charge >= 0.3 is 5.97 Å². The molecular formula is C24H32FN3O3. The lowest BCUT2D eigenvalue weighted by Gasteiger charge is -2.36. The Morgan fingerprint density at radius 3 is 2.55 bits per heavy atom. The number of nitrogens with zero attached hydrogens (tertiary/aromatic N) is 2.